The summed E-state index contributed by atoms with van der Waals surface area (Å²) in [5, 5.41) is 4.18. The molecule has 0 saturated heterocycles. The van der Waals surface area contributed by atoms with Crippen molar-refractivity contribution >= 4 is 16.7 Å². The molecular weight excluding hydrogens is 246 g/mol. The molecule has 0 aliphatic carbocycles. The molecule has 2 rings (SSSR count). The summed E-state index contributed by atoms with van der Waals surface area (Å²) in [5.74, 6) is 1.84. The predicted molar refractivity (Wildman–Crippen MR) is 74.5 cm³/mol. The summed E-state index contributed by atoms with van der Waals surface area (Å²) in [6, 6.07) is 8.07. The van der Waals surface area contributed by atoms with Crippen LogP contribution < -0.4 is 10.1 Å². The van der Waals surface area contributed by atoms with Crippen LogP contribution in [0.3, 0.4) is 0 Å². The van der Waals surface area contributed by atoms with Gasteiger partial charge in [0, 0.05) is 24.5 Å². The number of hydrogen-bond donors (Lipinski definition) is 1. The molecule has 1 N–H and O–H groups in total. The smallest absolute Gasteiger partial charge is 0.202 e. The summed E-state index contributed by atoms with van der Waals surface area (Å²) >= 11 is 1.42. The van der Waals surface area contributed by atoms with E-state index in [0.717, 1.165) is 36.1 Å². The molecule has 1 aromatic carbocycles. The summed E-state index contributed by atoms with van der Waals surface area (Å²) in [5.41, 5.74) is 1.20. The van der Waals surface area contributed by atoms with E-state index in [1.807, 2.05) is 18.2 Å². The van der Waals surface area contributed by atoms with Gasteiger partial charge in [0.05, 0.1) is 7.11 Å². The number of anilines is 1. The van der Waals surface area contributed by atoms with Crippen LogP contribution in [0.15, 0.2) is 24.3 Å². The Morgan fingerprint density at radius 1 is 1.33 bits per heavy atom. The lowest BCUT2D eigenvalue weighted by Crippen LogP contribution is -2.05. The topological polar surface area (TPSA) is 47.0 Å². The molecule has 0 fully saturated rings. The standard InChI is InChI=1S/C13H17N3OS/c1-3-12-15-13(18-16-12)14-9-8-10-6-4-5-7-11(10)17-2/h4-7H,3,8-9H2,1-2H3,(H,14,15,16). The highest BCUT2D eigenvalue weighted by Gasteiger charge is 2.03. The lowest BCUT2D eigenvalue weighted by Gasteiger charge is -2.07. The van der Waals surface area contributed by atoms with E-state index in [9.17, 15) is 0 Å². The average Bonchev–Trinajstić information content (AvgIpc) is 2.87. The summed E-state index contributed by atoms with van der Waals surface area (Å²) in [7, 11) is 1.70. The number of aromatic nitrogens is 2. The van der Waals surface area contributed by atoms with Crippen LogP contribution in [0.5, 0.6) is 5.75 Å². The number of aryl methyl sites for hydroxylation is 1. The van der Waals surface area contributed by atoms with Crippen LogP contribution in [0.2, 0.25) is 0 Å². The second-order valence-corrected chi connectivity index (χ2v) is 4.61. The number of nitrogens with one attached hydrogen (secondary N) is 1. The van der Waals surface area contributed by atoms with Gasteiger partial charge in [-0.2, -0.15) is 4.37 Å². The first-order valence-corrected chi connectivity index (χ1v) is 6.79. The normalized spacial score (nSPS) is 10.3. The summed E-state index contributed by atoms with van der Waals surface area (Å²) in [6.45, 7) is 2.89. The Morgan fingerprint density at radius 2 is 2.17 bits per heavy atom. The Labute approximate surface area is 111 Å². The number of hydrogen-bond acceptors (Lipinski definition) is 5. The molecule has 1 aromatic heterocycles. The number of ether oxygens (including phenoxy) is 1. The number of para-hydroxylation sites is 1. The van der Waals surface area contributed by atoms with Gasteiger partial charge in [-0.1, -0.05) is 25.1 Å². The zero-order valence-electron chi connectivity index (χ0n) is 10.6. The van der Waals surface area contributed by atoms with Crippen LogP contribution in [-0.4, -0.2) is 23.0 Å². The maximum absolute atomic E-state index is 5.32. The van der Waals surface area contributed by atoms with Crippen molar-refractivity contribution in [2.45, 2.75) is 19.8 Å². The van der Waals surface area contributed by atoms with Crippen LogP contribution in [0.1, 0.15) is 18.3 Å². The number of methoxy groups -OCH3 is 1. The van der Waals surface area contributed by atoms with E-state index in [1.165, 1.54) is 17.1 Å². The fraction of sp³-hybridized carbons (Fsp3) is 0.385. The second kappa shape index (κ2) is 6.35. The van der Waals surface area contributed by atoms with Gasteiger partial charge in [-0.25, -0.2) is 4.98 Å². The minimum atomic E-state index is 0.832. The van der Waals surface area contributed by atoms with Crippen molar-refractivity contribution in [3.8, 4) is 5.75 Å². The molecule has 18 heavy (non-hydrogen) atoms. The van der Waals surface area contributed by atoms with Crippen molar-refractivity contribution in [1.82, 2.24) is 9.36 Å². The second-order valence-electron chi connectivity index (χ2n) is 3.86. The van der Waals surface area contributed by atoms with Crippen LogP contribution >= 0.6 is 11.5 Å². The molecule has 0 atom stereocenters. The maximum Gasteiger partial charge on any atom is 0.202 e. The van der Waals surface area contributed by atoms with Crippen LogP contribution in [0.4, 0.5) is 5.13 Å². The first-order valence-electron chi connectivity index (χ1n) is 6.02. The van der Waals surface area contributed by atoms with Gasteiger partial charge in [-0.3, -0.25) is 0 Å². The first-order chi connectivity index (χ1) is 8.83. The van der Waals surface area contributed by atoms with Crippen molar-refractivity contribution < 1.29 is 4.74 Å². The van der Waals surface area contributed by atoms with Crippen molar-refractivity contribution in [2.75, 3.05) is 19.0 Å². The summed E-state index contributed by atoms with van der Waals surface area (Å²) < 4.78 is 9.55. The molecule has 0 amide bonds. The number of benzene rings is 1. The molecule has 4 nitrogen and oxygen atoms in total. The van der Waals surface area contributed by atoms with E-state index < -0.39 is 0 Å². The molecule has 1 heterocycles. The van der Waals surface area contributed by atoms with Crippen molar-refractivity contribution in [3.63, 3.8) is 0 Å². The zero-order chi connectivity index (χ0) is 12.8. The highest BCUT2D eigenvalue weighted by molar-refractivity contribution is 7.09. The minimum absolute atomic E-state index is 0.832. The SMILES string of the molecule is CCc1nsc(NCCc2ccccc2OC)n1. The van der Waals surface area contributed by atoms with Gasteiger partial charge < -0.3 is 10.1 Å². The van der Waals surface area contributed by atoms with Gasteiger partial charge in [0.2, 0.25) is 5.13 Å². The first kappa shape index (κ1) is 12.8. The van der Waals surface area contributed by atoms with E-state index >= 15 is 0 Å². The van der Waals surface area contributed by atoms with Gasteiger partial charge in [-0.15, -0.1) is 0 Å². The highest BCUT2D eigenvalue weighted by Crippen LogP contribution is 2.18. The van der Waals surface area contributed by atoms with Gasteiger partial charge in [0.1, 0.15) is 11.6 Å². The minimum Gasteiger partial charge on any atom is -0.496 e. The number of rotatable bonds is 6. The fourth-order valence-corrected chi connectivity index (χ4v) is 2.36. The Hall–Kier alpha value is -1.62. The Bertz CT molecular complexity index is 498. The molecule has 0 aliphatic rings. The summed E-state index contributed by atoms with van der Waals surface area (Å²) in [6.07, 6.45) is 1.79. The summed E-state index contributed by atoms with van der Waals surface area (Å²) in [4.78, 5) is 4.37. The van der Waals surface area contributed by atoms with Crippen LogP contribution in [0.25, 0.3) is 0 Å². The van der Waals surface area contributed by atoms with E-state index in [1.54, 1.807) is 7.11 Å². The number of nitrogens with zero attached hydrogens (tertiary/aromatic N) is 2. The quantitative estimate of drug-likeness (QED) is 0.870. The molecule has 0 radical (unpaired) electrons. The van der Waals surface area contributed by atoms with E-state index in [0.29, 0.717) is 0 Å². The fourth-order valence-electron chi connectivity index (χ4n) is 1.68. The monoisotopic (exact) mass is 263 g/mol. The molecular formula is C13H17N3OS. The average molecular weight is 263 g/mol. The van der Waals surface area contributed by atoms with Crippen molar-refractivity contribution in [1.29, 1.82) is 0 Å². The molecule has 0 bridgehead atoms. The predicted octanol–water partition coefficient (Wildman–Crippen LogP) is 2.76. The largest absolute Gasteiger partial charge is 0.496 e. The van der Waals surface area contributed by atoms with Gasteiger partial charge in [0.15, 0.2) is 0 Å². The zero-order valence-corrected chi connectivity index (χ0v) is 11.5. The molecule has 0 unspecified atom stereocenters. The molecule has 0 aliphatic heterocycles. The van der Waals surface area contributed by atoms with Crippen LogP contribution in [-0.2, 0) is 12.8 Å². The van der Waals surface area contributed by atoms with E-state index in [-0.39, 0.29) is 0 Å². The van der Waals surface area contributed by atoms with Crippen molar-refractivity contribution in [3.05, 3.63) is 35.7 Å². The lowest BCUT2D eigenvalue weighted by molar-refractivity contribution is 0.410. The van der Waals surface area contributed by atoms with Gasteiger partial charge >= 0.3 is 0 Å². The van der Waals surface area contributed by atoms with Crippen LogP contribution in [0, 0.1) is 0 Å². The Kier molecular flexibility index (Phi) is 4.52. The maximum atomic E-state index is 5.32. The van der Waals surface area contributed by atoms with E-state index in [4.69, 9.17) is 4.74 Å². The molecule has 0 saturated carbocycles. The molecule has 5 heteroatoms. The third-order valence-electron chi connectivity index (χ3n) is 2.65. The molecule has 0 spiro atoms. The Morgan fingerprint density at radius 3 is 2.89 bits per heavy atom. The van der Waals surface area contributed by atoms with E-state index in [2.05, 4.69) is 27.7 Å². The highest BCUT2D eigenvalue weighted by atomic mass is 32.1. The van der Waals surface area contributed by atoms with Gasteiger partial charge in [-0.05, 0) is 18.1 Å². The van der Waals surface area contributed by atoms with Crippen molar-refractivity contribution in [2.24, 2.45) is 0 Å². The molecule has 96 valence electrons. The molecule has 2 aromatic rings. The lowest BCUT2D eigenvalue weighted by atomic mass is 10.1. The van der Waals surface area contributed by atoms with Gasteiger partial charge in [0.25, 0.3) is 0 Å². The third-order valence-corrected chi connectivity index (χ3v) is 3.36. The Balaban J connectivity index is 1.88. The third kappa shape index (κ3) is 3.20.